The minimum atomic E-state index is -0.452. The zero-order valence-electron chi connectivity index (χ0n) is 14.2. The first-order valence-electron chi connectivity index (χ1n) is 8.12. The van der Waals surface area contributed by atoms with Gasteiger partial charge in [-0.1, -0.05) is 48.0 Å². The van der Waals surface area contributed by atoms with Crippen LogP contribution in [0.5, 0.6) is 5.75 Å². The van der Waals surface area contributed by atoms with Crippen molar-refractivity contribution in [3.8, 4) is 5.75 Å². The summed E-state index contributed by atoms with van der Waals surface area (Å²) < 4.78 is 5.86. The lowest BCUT2D eigenvalue weighted by molar-refractivity contribution is -0.384. The maximum Gasteiger partial charge on any atom is 0.271 e. The van der Waals surface area contributed by atoms with Crippen LogP contribution in [0.2, 0.25) is 5.02 Å². The number of halogens is 1. The third-order valence-electron chi connectivity index (χ3n) is 3.71. The van der Waals surface area contributed by atoms with Gasteiger partial charge in [0.05, 0.1) is 16.8 Å². The molecule has 0 bridgehead atoms. The highest BCUT2D eigenvalue weighted by atomic mass is 35.5. The Morgan fingerprint density at radius 2 is 1.85 bits per heavy atom. The molecule has 3 aromatic rings. The maximum atomic E-state index is 10.8. The monoisotopic (exact) mass is 381 g/mol. The second-order valence-electron chi connectivity index (χ2n) is 5.60. The topological polar surface area (TPSA) is 76.8 Å². The van der Waals surface area contributed by atoms with Crippen LogP contribution in [0.15, 0.2) is 77.9 Å². The molecule has 7 heteroatoms. The first kappa shape index (κ1) is 18.4. The highest BCUT2D eigenvalue weighted by Gasteiger charge is 2.06. The molecule has 0 aliphatic heterocycles. The van der Waals surface area contributed by atoms with Crippen molar-refractivity contribution in [3.05, 3.63) is 99.1 Å². The van der Waals surface area contributed by atoms with E-state index in [-0.39, 0.29) is 5.69 Å². The molecule has 0 saturated heterocycles. The van der Waals surface area contributed by atoms with Crippen molar-refractivity contribution < 1.29 is 9.66 Å². The summed E-state index contributed by atoms with van der Waals surface area (Å²) >= 11 is 6.15. The van der Waals surface area contributed by atoms with Crippen molar-refractivity contribution in [2.45, 2.75) is 6.61 Å². The zero-order chi connectivity index (χ0) is 19.1. The summed E-state index contributed by atoms with van der Waals surface area (Å²) in [6.07, 6.45) is 1.60. The number of para-hydroxylation sites is 1. The van der Waals surface area contributed by atoms with Gasteiger partial charge in [-0.05, 0) is 24.3 Å². The number of non-ortho nitro benzene ring substituents is 1. The fourth-order valence-electron chi connectivity index (χ4n) is 2.35. The standard InChI is InChI=1S/C20H16ClN3O3/c21-19-10-3-1-7-16(19)14-27-20-11-4-2-6-15(20)13-22-23-17-8-5-9-18(12-17)24(25)26/h1-13,23H,14H2. The quantitative estimate of drug-likeness (QED) is 0.343. The molecule has 3 rings (SSSR count). The first-order chi connectivity index (χ1) is 13.1. The van der Waals surface area contributed by atoms with Gasteiger partial charge in [0.15, 0.2) is 0 Å². The highest BCUT2D eigenvalue weighted by Crippen LogP contribution is 2.21. The Hall–Kier alpha value is -3.38. The fourth-order valence-corrected chi connectivity index (χ4v) is 2.55. The van der Waals surface area contributed by atoms with E-state index in [4.69, 9.17) is 16.3 Å². The lowest BCUT2D eigenvalue weighted by Crippen LogP contribution is -1.99. The second kappa shape index (κ2) is 8.82. The summed E-state index contributed by atoms with van der Waals surface area (Å²) in [5.74, 6) is 0.655. The number of ether oxygens (including phenoxy) is 1. The number of nitrogens with zero attached hydrogens (tertiary/aromatic N) is 2. The molecule has 136 valence electrons. The van der Waals surface area contributed by atoms with E-state index >= 15 is 0 Å². The number of nitrogens with one attached hydrogen (secondary N) is 1. The van der Waals surface area contributed by atoms with Crippen molar-refractivity contribution in [1.82, 2.24) is 0 Å². The number of hydrogen-bond acceptors (Lipinski definition) is 5. The molecule has 3 aromatic carbocycles. The molecule has 0 atom stereocenters. The predicted molar refractivity (Wildman–Crippen MR) is 107 cm³/mol. The first-order valence-corrected chi connectivity index (χ1v) is 8.50. The predicted octanol–water partition coefficient (Wildman–Crippen LogP) is 5.27. The number of hydrogen-bond donors (Lipinski definition) is 1. The average Bonchev–Trinajstić information content (AvgIpc) is 2.68. The Balaban J connectivity index is 1.68. The molecule has 0 fully saturated rings. The summed E-state index contributed by atoms with van der Waals surface area (Å²) in [6.45, 7) is 0.336. The molecule has 0 aliphatic carbocycles. The summed E-state index contributed by atoms with van der Waals surface area (Å²) in [5.41, 5.74) is 4.96. The van der Waals surface area contributed by atoms with E-state index < -0.39 is 4.92 Å². The summed E-state index contributed by atoms with van der Waals surface area (Å²) in [5, 5.41) is 15.6. The van der Waals surface area contributed by atoms with E-state index in [1.54, 1.807) is 18.3 Å². The largest absolute Gasteiger partial charge is 0.488 e. The highest BCUT2D eigenvalue weighted by molar-refractivity contribution is 6.31. The molecule has 6 nitrogen and oxygen atoms in total. The van der Waals surface area contributed by atoms with Crippen LogP contribution < -0.4 is 10.2 Å². The van der Waals surface area contributed by atoms with Crippen LogP contribution in [0.25, 0.3) is 0 Å². The normalized spacial score (nSPS) is 10.7. The van der Waals surface area contributed by atoms with Gasteiger partial charge in [-0.3, -0.25) is 15.5 Å². The van der Waals surface area contributed by atoms with Crippen LogP contribution in [0.3, 0.4) is 0 Å². The van der Waals surface area contributed by atoms with Gasteiger partial charge in [0.1, 0.15) is 12.4 Å². The van der Waals surface area contributed by atoms with Crippen molar-refractivity contribution in [2.75, 3.05) is 5.43 Å². The maximum absolute atomic E-state index is 10.8. The number of rotatable bonds is 7. The second-order valence-corrected chi connectivity index (χ2v) is 6.00. The molecule has 0 aromatic heterocycles. The van der Waals surface area contributed by atoms with Gasteiger partial charge < -0.3 is 4.74 Å². The molecule has 0 heterocycles. The van der Waals surface area contributed by atoms with Gasteiger partial charge in [-0.15, -0.1) is 0 Å². The molecule has 1 N–H and O–H groups in total. The molecule has 0 aliphatic rings. The Kier molecular flexibility index (Phi) is 6.02. The lowest BCUT2D eigenvalue weighted by Gasteiger charge is -2.10. The Labute approximate surface area is 161 Å². The molecular weight excluding hydrogens is 366 g/mol. The number of benzene rings is 3. The molecule has 27 heavy (non-hydrogen) atoms. The Bertz CT molecular complexity index is 976. The molecule has 0 unspecified atom stereocenters. The van der Waals surface area contributed by atoms with Crippen LogP contribution in [0.1, 0.15) is 11.1 Å². The van der Waals surface area contributed by atoms with E-state index in [0.717, 1.165) is 11.1 Å². The Morgan fingerprint density at radius 3 is 2.67 bits per heavy atom. The van der Waals surface area contributed by atoms with Crippen LogP contribution in [0.4, 0.5) is 11.4 Å². The molecule has 0 radical (unpaired) electrons. The lowest BCUT2D eigenvalue weighted by atomic mass is 10.2. The molecule has 0 saturated carbocycles. The molecular formula is C20H16ClN3O3. The smallest absolute Gasteiger partial charge is 0.271 e. The van der Waals surface area contributed by atoms with Crippen molar-refractivity contribution in [3.63, 3.8) is 0 Å². The van der Waals surface area contributed by atoms with E-state index in [0.29, 0.717) is 23.1 Å². The summed E-state index contributed by atoms with van der Waals surface area (Å²) in [7, 11) is 0. The summed E-state index contributed by atoms with van der Waals surface area (Å²) in [6, 6.07) is 21.1. The van der Waals surface area contributed by atoms with E-state index in [2.05, 4.69) is 10.5 Å². The number of nitro groups is 1. The van der Waals surface area contributed by atoms with Crippen LogP contribution in [-0.2, 0) is 6.61 Å². The van der Waals surface area contributed by atoms with Crippen LogP contribution >= 0.6 is 11.6 Å². The van der Waals surface area contributed by atoms with Crippen LogP contribution in [0, 0.1) is 10.1 Å². The third-order valence-corrected chi connectivity index (χ3v) is 4.08. The zero-order valence-corrected chi connectivity index (χ0v) is 15.0. The van der Waals surface area contributed by atoms with Gasteiger partial charge in [-0.25, -0.2) is 0 Å². The fraction of sp³-hybridized carbons (Fsp3) is 0.0500. The molecule has 0 amide bonds. The molecule has 0 spiro atoms. The average molecular weight is 382 g/mol. The van der Waals surface area contributed by atoms with Gasteiger partial charge in [0.2, 0.25) is 0 Å². The van der Waals surface area contributed by atoms with Gasteiger partial charge in [-0.2, -0.15) is 5.10 Å². The SMILES string of the molecule is O=[N+]([O-])c1cccc(NN=Cc2ccccc2OCc2ccccc2Cl)c1. The van der Waals surface area contributed by atoms with Crippen molar-refractivity contribution in [1.29, 1.82) is 0 Å². The van der Waals surface area contributed by atoms with Gasteiger partial charge in [0.25, 0.3) is 5.69 Å². The number of nitro benzene ring substituents is 1. The Morgan fingerprint density at radius 1 is 1.07 bits per heavy atom. The van der Waals surface area contributed by atoms with E-state index in [1.807, 2.05) is 48.5 Å². The van der Waals surface area contributed by atoms with Gasteiger partial charge >= 0.3 is 0 Å². The number of anilines is 1. The minimum absolute atomic E-state index is 0.00123. The minimum Gasteiger partial charge on any atom is -0.488 e. The van der Waals surface area contributed by atoms with Crippen LogP contribution in [-0.4, -0.2) is 11.1 Å². The summed E-state index contributed by atoms with van der Waals surface area (Å²) in [4.78, 5) is 10.4. The number of hydrazone groups is 1. The van der Waals surface area contributed by atoms with Crippen molar-refractivity contribution >= 4 is 29.2 Å². The third kappa shape index (κ3) is 5.05. The van der Waals surface area contributed by atoms with Gasteiger partial charge in [0, 0.05) is 28.3 Å². The van der Waals surface area contributed by atoms with E-state index in [9.17, 15) is 10.1 Å². The van der Waals surface area contributed by atoms with E-state index in [1.165, 1.54) is 12.1 Å². The van der Waals surface area contributed by atoms with Crippen molar-refractivity contribution in [2.24, 2.45) is 5.10 Å².